The molecule has 0 aromatic heterocycles. The van der Waals surface area contributed by atoms with Crippen molar-refractivity contribution in [3.8, 4) is 0 Å². The quantitative estimate of drug-likeness (QED) is 0.283. The molecule has 68 valence electrons. The van der Waals surface area contributed by atoms with E-state index >= 15 is 0 Å². The van der Waals surface area contributed by atoms with Crippen molar-refractivity contribution in [1.82, 2.24) is 10.3 Å². The molecule has 12 heavy (non-hydrogen) atoms. The first-order valence-corrected chi connectivity index (χ1v) is 4.02. The van der Waals surface area contributed by atoms with E-state index in [1.54, 1.807) is 0 Å². The van der Waals surface area contributed by atoms with E-state index in [-0.39, 0.29) is 5.96 Å². The van der Waals surface area contributed by atoms with Crippen LogP contribution in [0.25, 0.3) is 0 Å². The van der Waals surface area contributed by atoms with Crippen LogP contribution in [-0.2, 0) is 0 Å². The fourth-order valence-electron chi connectivity index (χ4n) is 1.13. The first-order chi connectivity index (χ1) is 5.68. The van der Waals surface area contributed by atoms with Crippen LogP contribution < -0.4 is 11.2 Å². The highest BCUT2D eigenvalue weighted by Gasteiger charge is 2.10. The Morgan fingerprint density at radius 1 is 1.58 bits per heavy atom. The molecule has 0 aromatic rings. The molecule has 0 aliphatic carbocycles. The van der Waals surface area contributed by atoms with Crippen molar-refractivity contribution >= 4 is 11.7 Å². The third-order valence-electron chi connectivity index (χ3n) is 1.90. The summed E-state index contributed by atoms with van der Waals surface area (Å²) in [5.74, 6) is -0.0959. The van der Waals surface area contributed by atoms with Gasteiger partial charge in [0, 0.05) is 31.6 Å². The molecule has 0 spiro atoms. The average Bonchev–Trinajstić information content (AvgIpc) is 2.03. The van der Waals surface area contributed by atoms with Gasteiger partial charge in [-0.2, -0.15) is 5.10 Å². The maximum absolute atomic E-state index is 6.90. The summed E-state index contributed by atoms with van der Waals surface area (Å²) in [5.41, 5.74) is 8.65. The van der Waals surface area contributed by atoms with Crippen molar-refractivity contribution in [3.63, 3.8) is 0 Å². The highest BCUT2D eigenvalue weighted by molar-refractivity contribution is 5.86. The van der Waals surface area contributed by atoms with Gasteiger partial charge < -0.3 is 10.6 Å². The van der Waals surface area contributed by atoms with E-state index in [0.717, 1.165) is 31.6 Å². The lowest BCUT2D eigenvalue weighted by molar-refractivity contribution is 0.335. The number of hydrogen-bond acceptors (Lipinski definition) is 3. The van der Waals surface area contributed by atoms with Gasteiger partial charge in [0.15, 0.2) is 0 Å². The highest BCUT2D eigenvalue weighted by atomic mass is 15.3. The van der Waals surface area contributed by atoms with Crippen molar-refractivity contribution in [2.75, 3.05) is 20.1 Å². The van der Waals surface area contributed by atoms with E-state index in [0.29, 0.717) is 0 Å². The zero-order valence-corrected chi connectivity index (χ0v) is 7.30. The van der Waals surface area contributed by atoms with Crippen molar-refractivity contribution in [2.24, 2.45) is 10.8 Å². The lowest BCUT2D eigenvalue weighted by Crippen LogP contribution is -2.33. The molecule has 0 amide bonds. The van der Waals surface area contributed by atoms with Gasteiger partial charge in [0.1, 0.15) is 0 Å². The molecule has 1 fully saturated rings. The lowest BCUT2D eigenvalue weighted by Gasteiger charge is -2.22. The molecule has 1 aliphatic rings. The number of hydrogen-bond donors (Lipinski definition) is 3. The predicted molar refractivity (Wildman–Crippen MR) is 49.2 cm³/mol. The van der Waals surface area contributed by atoms with Crippen LogP contribution >= 0.6 is 0 Å². The summed E-state index contributed by atoms with van der Waals surface area (Å²) in [6, 6.07) is 0. The van der Waals surface area contributed by atoms with Crippen LogP contribution in [0.4, 0.5) is 0 Å². The lowest BCUT2D eigenvalue weighted by atomic mass is 10.1. The van der Waals surface area contributed by atoms with Crippen molar-refractivity contribution in [2.45, 2.75) is 12.8 Å². The SMILES string of the molecule is CN1CCC(=NNC(=N)N)CC1. The van der Waals surface area contributed by atoms with Gasteiger partial charge in [-0.15, -0.1) is 0 Å². The fourth-order valence-corrected chi connectivity index (χ4v) is 1.13. The second-order valence-corrected chi connectivity index (χ2v) is 3.01. The molecule has 1 rings (SSSR count). The summed E-state index contributed by atoms with van der Waals surface area (Å²) in [5, 5.41) is 10.9. The van der Waals surface area contributed by atoms with Gasteiger partial charge in [0.2, 0.25) is 5.96 Å². The van der Waals surface area contributed by atoms with Gasteiger partial charge in [-0.25, -0.2) is 5.43 Å². The maximum Gasteiger partial charge on any atom is 0.206 e. The topological polar surface area (TPSA) is 77.5 Å². The number of hydrazone groups is 1. The molecule has 1 heterocycles. The van der Waals surface area contributed by atoms with Gasteiger partial charge in [-0.3, -0.25) is 5.41 Å². The predicted octanol–water partition coefficient (Wildman–Crippen LogP) is -0.449. The summed E-state index contributed by atoms with van der Waals surface area (Å²) in [7, 11) is 2.09. The van der Waals surface area contributed by atoms with Gasteiger partial charge in [0.05, 0.1) is 0 Å². The number of nitrogens with zero attached hydrogens (tertiary/aromatic N) is 2. The molecule has 0 radical (unpaired) electrons. The van der Waals surface area contributed by atoms with Gasteiger partial charge in [-0.05, 0) is 7.05 Å². The van der Waals surface area contributed by atoms with E-state index in [9.17, 15) is 0 Å². The number of likely N-dealkylation sites (tertiary alicyclic amines) is 1. The van der Waals surface area contributed by atoms with Crippen LogP contribution in [0.15, 0.2) is 5.10 Å². The Bertz CT molecular complexity index is 188. The van der Waals surface area contributed by atoms with Gasteiger partial charge in [-0.1, -0.05) is 0 Å². The Labute approximate surface area is 72.1 Å². The van der Waals surface area contributed by atoms with Crippen molar-refractivity contribution in [3.05, 3.63) is 0 Å². The fraction of sp³-hybridized carbons (Fsp3) is 0.714. The van der Waals surface area contributed by atoms with E-state index in [4.69, 9.17) is 11.1 Å². The third-order valence-corrected chi connectivity index (χ3v) is 1.90. The first kappa shape index (κ1) is 8.99. The number of nitrogens with one attached hydrogen (secondary N) is 2. The molecule has 1 aliphatic heterocycles. The average molecular weight is 169 g/mol. The zero-order chi connectivity index (χ0) is 8.97. The normalized spacial score (nSPS) is 18.9. The van der Waals surface area contributed by atoms with Crippen LogP contribution in [0.1, 0.15) is 12.8 Å². The van der Waals surface area contributed by atoms with Crippen LogP contribution in [0.2, 0.25) is 0 Å². The minimum atomic E-state index is -0.0959. The molecule has 0 bridgehead atoms. The molecule has 5 heteroatoms. The summed E-state index contributed by atoms with van der Waals surface area (Å²) < 4.78 is 0. The first-order valence-electron chi connectivity index (χ1n) is 4.02. The molecule has 5 nitrogen and oxygen atoms in total. The Morgan fingerprint density at radius 2 is 2.17 bits per heavy atom. The minimum Gasteiger partial charge on any atom is -0.369 e. The summed E-state index contributed by atoms with van der Waals surface area (Å²) in [6.07, 6.45) is 1.94. The molecule has 0 aromatic carbocycles. The van der Waals surface area contributed by atoms with E-state index in [2.05, 4.69) is 22.5 Å². The van der Waals surface area contributed by atoms with Gasteiger partial charge >= 0.3 is 0 Å². The molecule has 0 atom stereocenters. The van der Waals surface area contributed by atoms with Crippen LogP contribution in [0.3, 0.4) is 0 Å². The van der Waals surface area contributed by atoms with Crippen molar-refractivity contribution < 1.29 is 0 Å². The highest BCUT2D eigenvalue weighted by Crippen LogP contribution is 2.03. The summed E-state index contributed by atoms with van der Waals surface area (Å²) >= 11 is 0. The zero-order valence-electron chi connectivity index (χ0n) is 7.30. The molecule has 0 unspecified atom stereocenters. The standard InChI is InChI=1S/C7H15N5/c1-12-4-2-6(3-5-12)10-11-7(8)9/h2-5H2,1H3,(H4,8,9,11). The summed E-state index contributed by atoms with van der Waals surface area (Å²) in [4.78, 5) is 2.26. The number of nitrogens with two attached hydrogens (primary N) is 1. The Hall–Kier alpha value is -1.10. The maximum atomic E-state index is 6.90. The Morgan fingerprint density at radius 3 is 2.67 bits per heavy atom. The smallest absolute Gasteiger partial charge is 0.206 e. The van der Waals surface area contributed by atoms with Crippen LogP contribution in [0, 0.1) is 5.41 Å². The van der Waals surface area contributed by atoms with Gasteiger partial charge in [0.25, 0.3) is 0 Å². The van der Waals surface area contributed by atoms with Crippen molar-refractivity contribution in [1.29, 1.82) is 5.41 Å². The van der Waals surface area contributed by atoms with E-state index in [1.807, 2.05) is 0 Å². The largest absolute Gasteiger partial charge is 0.369 e. The Balaban J connectivity index is 2.33. The van der Waals surface area contributed by atoms with E-state index in [1.165, 1.54) is 0 Å². The van der Waals surface area contributed by atoms with Crippen LogP contribution in [0.5, 0.6) is 0 Å². The third kappa shape index (κ3) is 2.87. The molecule has 0 saturated carbocycles. The number of guanidine groups is 1. The number of rotatable bonds is 1. The summed E-state index contributed by atoms with van der Waals surface area (Å²) in [6.45, 7) is 2.08. The second kappa shape index (κ2) is 4.06. The van der Waals surface area contributed by atoms with E-state index < -0.39 is 0 Å². The molecular formula is C7H15N5. The second-order valence-electron chi connectivity index (χ2n) is 3.01. The molecule has 4 N–H and O–H groups in total. The monoisotopic (exact) mass is 169 g/mol. The molecule has 1 saturated heterocycles. The van der Waals surface area contributed by atoms with Crippen LogP contribution in [-0.4, -0.2) is 36.7 Å². The minimum absolute atomic E-state index is 0.0959. The number of piperidine rings is 1. The Kier molecular flexibility index (Phi) is 3.04. The molecular weight excluding hydrogens is 154 g/mol.